The van der Waals surface area contributed by atoms with Crippen LogP contribution in [-0.4, -0.2) is 62.8 Å². The second kappa shape index (κ2) is 9.43. The predicted octanol–water partition coefficient (Wildman–Crippen LogP) is 1.21. The summed E-state index contributed by atoms with van der Waals surface area (Å²) < 4.78 is 8.75. The topological polar surface area (TPSA) is 172 Å². The van der Waals surface area contributed by atoms with Crippen LogP contribution in [-0.2, 0) is 18.4 Å². The average molecular weight is 576 g/mol. The van der Waals surface area contributed by atoms with Crippen molar-refractivity contribution in [3.8, 4) is 10.6 Å². The molecular formula is C25H25N11O4S. The van der Waals surface area contributed by atoms with E-state index < -0.39 is 23.2 Å². The molecule has 1 saturated heterocycles. The van der Waals surface area contributed by atoms with E-state index in [2.05, 4.69) is 40.3 Å². The summed E-state index contributed by atoms with van der Waals surface area (Å²) in [6.07, 6.45) is 6.19. The van der Waals surface area contributed by atoms with Crippen LogP contribution in [0.25, 0.3) is 21.7 Å². The third kappa shape index (κ3) is 4.39. The lowest BCUT2D eigenvalue weighted by Gasteiger charge is -2.17. The van der Waals surface area contributed by atoms with Gasteiger partial charge < -0.3 is 19.3 Å². The van der Waals surface area contributed by atoms with Crippen LogP contribution >= 0.6 is 11.3 Å². The Balaban J connectivity index is 1.10. The van der Waals surface area contributed by atoms with E-state index in [1.807, 2.05) is 0 Å². The van der Waals surface area contributed by atoms with Crippen LogP contribution in [0, 0.1) is 18.8 Å². The minimum atomic E-state index is -0.844. The van der Waals surface area contributed by atoms with Gasteiger partial charge in [0.05, 0.1) is 6.33 Å². The highest BCUT2D eigenvalue weighted by Crippen LogP contribution is 2.45. The molecule has 1 aliphatic carbocycles. The molecule has 1 saturated carbocycles. The Labute approximate surface area is 235 Å². The van der Waals surface area contributed by atoms with Crippen LogP contribution in [0.15, 0.2) is 38.2 Å². The molecule has 2 fully saturated rings. The number of thiazole rings is 1. The summed E-state index contributed by atoms with van der Waals surface area (Å²) in [6, 6.07) is -0.844. The second-order valence-electron chi connectivity index (χ2n) is 10.4. The fourth-order valence-electron chi connectivity index (χ4n) is 5.24. The summed E-state index contributed by atoms with van der Waals surface area (Å²) in [5, 5.41) is 8.92. The molecule has 1 N–H and O–H groups in total. The number of imidazole rings is 1. The number of hydrogen-bond acceptors (Lipinski definition) is 12. The van der Waals surface area contributed by atoms with E-state index in [1.165, 1.54) is 40.3 Å². The van der Waals surface area contributed by atoms with Gasteiger partial charge in [0.2, 0.25) is 17.7 Å². The standard InChI is InChI=1S/C25H25N11O4S/c1-12(36-11-28-20-19(36)23(38)35(25(39)33(20)3)9-18-29-13(2)32-40-18)21(37)30-17-10-41-22(31-17)16-5-26-24(27-6-16)34-7-14-4-15(14)8-34/h5-6,10-12,14-15H,4,7-9H2,1-3H3,(H,30,37)/t12-,14?,15?/m0/s1. The van der Waals surface area contributed by atoms with Crippen molar-refractivity contribution >= 4 is 40.2 Å². The molecule has 2 unspecified atom stereocenters. The molecule has 0 bridgehead atoms. The van der Waals surface area contributed by atoms with Gasteiger partial charge in [0.25, 0.3) is 5.56 Å². The number of piperidine rings is 1. The van der Waals surface area contributed by atoms with E-state index in [0.717, 1.165) is 41.0 Å². The van der Waals surface area contributed by atoms with E-state index >= 15 is 0 Å². The largest absolute Gasteiger partial charge is 0.340 e. The lowest BCUT2D eigenvalue weighted by Crippen LogP contribution is -2.40. The molecule has 5 aromatic rings. The lowest BCUT2D eigenvalue weighted by atomic mass is 10.3. The highest BCUT2D eigenvalue weighted by molar-refractivity contribution is 7.13. The SMILES string of the molecule is Cc1noc(Cn2c(=O)c3c(ncn3[C@@H](C)C(=O)Nc3csc(-c4cnc(N5CC6CC6C5)nc4)n3)n(C)c2=O)n1. The first-order valence-corrected chi connectivity index (χ1v) is 13.9. The Morgan fingerprint density at radius 2 is 1.93 bits per heavy atom. The normalized spacial score (nSPS) is 18.6. The highest BCUT2D eigenvalue weighted by Gasteiger charge is 2.45. The lowest BCUT2D eigenvalue weighted by molar-refractivity contribution is -0.118. The summed E-state index contributed by atoms with van der Waals surface area (Å²) >= 11 is 1.36. The Bertz CT molecular complexity index is 1910. The number of hydrogen-bond donors (Lipinski definition) is 1. The number of nitrogens with one attached hydrogen (secondary N) is 1. The van der Waals surface area contributed by atoms with Crippen molar-refractivity contribution in [3.63, 3.8) is 0 Å². The molecule has 0 radical (unpaired) electrons. The average Bonchev–Trinajstić information content (AvgIpc) is 3.48. The molecule has 1 aliphatic heterocycles. The summed E-state index contributed by atoms with van der Waals surface area (Å²) in [6.45, 7) is 5.10. The summed E-state index contributed by atoms with van der Waals surface area (Å²) in [5.74, 6) is 2.77. The van der Waals surface area contributed by atoms with Gasteiger partial charge in [0.15, 0.2) is 17.0 Å². The van der Waals surface area contributed by atoms with E-state index in [0.29, 0.717) is 16.6 Å². The zero-order valence-corrected chi connectivity index (χ0v) is 23.2. The van der Waals surface area contributed by atoms with Gasteiger partial charge in [-0.05, 0) is 32.1 Å². The monoisotopic (exact) mass is 575 g/mol. The van der Waals surface area contributed by atoms with E-state index in [1.54, 1.807) is 31.6 Å². The fourth-order valence-corrected chi connectivity index (χ4v) is 5.97. The van der Waals surface area contributed by atoms with Crippen LogP contribution in [0.2, 0.25) is 0 Å². The third-order valence-electron chi connectivity index (χ3n) is 7.62. The minimum absolute atomic E-state index is 0.0949. The second-order valence-corrected chi connectivity index (χ2v) is 11.3. The van der Waals surface area contributed by atoms with E-state index in [4.69, 9.17) is 4.52 Å². The van der Waals surface area contributed by atoms with Crippen LogP contribution in [0.4, 0.5) is 11.8 Å². The first kappa shape index (κ1) is 25.3. The van der Waals surface area contributed by atoms with Gasteiger partial charge in [0.1, 0.15) is 23.4 Å². The van der Waals surface area contributed by atoms with E-state index in [9.17, 15) is 14.4 Å². The van der Waals surface area contributed by atoms with Crippen molar-refractivity contribution in [1.82, 2.24) is 43.8 Å². The predicted molar refractivity (Wildman–Crippen MR) is 148 cm³/mol. The quantitative estimate of drug-likeness (QED) is 0.296. The number of carbonyl (C=O) groups excluding carboxylic acids is 1. The number of fused-ring (bicyclic) bond motifs is 2. The summed E-state index contributed by atoms with van der Waals surface area (Å²) in [7, 11) is 1.50. The fraction of sp³-hybridized carbons (Fsp3) is 0.400. The van der Waals surface area contributed by atoms with Crippen LogP contribution in [0.3, 0.4) is 0 Å². The van der Waals surface area contributed by atoms with Gasteiger partial charge in [-0.1, -0.05) is 5.16 Å². The first-order valence-electron chi connectivity index (χ1n) is 13.1. The van der Waals surface area contributed by atoms with Gasteiger partial charge in [0, 0.05) is 43.5 Å². The number of aromatic nitrogens is 9. The van der Waals surface area contributed by atoms with Crippen molar-refractivity contribution in [1.29, 1.82) is 0 Å². The van der Waals surface area contributed by atoms with Crippen LogP contribution < -0.4 is 21.5 Å². The molecule has 0 spiro atoms. The smallest absolute Gasteiger partial charge is 0.332 e. The van der Waals surface area contributed by atoms with Gasteiger partial charge in [-0.25, -0.2) is 29.3 Å². The van der Waals surface area contributed by atoms with Crippen molar-refractivity contribution < 1.29 is 9.32 Å². The third-order valence-corrected chi connectivity index (χ3v) is 8.51. The molecule has 16 heteroatoms. The molecule has 0 aromatic carbocycles. The molecule has 41 heavy (non-hydrogen) atoms. The van der Waals surface area contributed by atoms with Crippen LogP contribution in [0.5, 0.6) is 0 Å². The zero-order valence-electron chi connectivity index (χ0n) is 22.4. The Morgan fingerprint density at radius 1 is 1.17 bits per heavy atom. The minimum Gasteiger partial charge on any atom is -0.340 e. The molecule has 1 amide bonds. The number of nitrogens with zero attached hydrogens (tertiary/aromatic N) is 10. The maximum atomic E-state index is 13.4. The van der Waals surface area contributed by atoms with Crippen molar-refractivity contribution in [3.05, 3.63) is 56.7 Å². The maximum absolute atomic E-state index is 13.4. The van der Waals surface area contributed by atoms with Crippen LogP contribution in [0.1, 0.15) is 31.1 Å². The van der Waals surface area contributed by atoms with E-state index in [-0.39, 0.29) is 23.6 Å². The zero-order chi connectivity index (χ0) is 28.4. The number of rotatable bonds is 7. The number of anilines is 2. The Kier molecular flexibility index (Phi) is 5.81. The van der Waals surface area contributed by atoms with Crippen molar-refractivity contribution in [2.45, 2.75) is 32.9 Å². The Hall–Kier alpha value is -4.73. The highest BCUT2D eigenvalue weighted by atomic mass is 32.1. The van der Waals surface area contributed by atoms with Gasteiger partial charge >= 0.3 is 5.69 Å². The number of carbonyl (C=O) groups is 1. The van der Waals surface area contributed by atoms with Gasteiger partial charge in [-0.15, -0.1) is 11.3 Å². The number of aryl methyl sites for hydroxylation is 2. The molecular weight excluding hydrogens is 550 g/mol. The maximum Gasteiger partial charge on any atom is 0.332 e. The molecule has 210 valence electrons. The Morgan fingerprint density at radius 3 is 2.63 bits per heavy atom. The molecule has 3 atom stereocenters. The molecule has 2 aliphatic rings. The molecule has 6 heterocycles. The number of amides is 1. The van der Waals surface area contributed by atoms with Crippen molar-refractivity contribution in [2.24, 2.45) is 18.9 Å². The summed E-state index contributed by atoms with van der Waals surface area (Å²) in [5.41, 5.74) is -0.207. The molecule has 5 aromatic heterocycles. The van der Waals surface area contributed by atoms with Gasteiger partial charge in [-0.2, -0.15) is 4.98 Å². The first-order chi connectivity index (χ1) is 19.8. The van der Waals surface area contributed by atoms with Gasteiger partial charge in [-0.3, -0.25) is 14.2 Å². The molecule has 15 nitrogen and oxygen atoms in total. The molecule has 7 rings (SSSR count). The summed E-state index contributed by atoms with van der Waals surface area (Å²) in [4.78, 5) is 63.6. The van der Waals surface area contributed by atoms with Crippen molar-refractivity contribution in [2.75, 3.05) is 23.3 Å².